The molecular weight excluding hydrogens is 216 g/mol. The van der Waals surface area contributed by atoms with E-state index in [9.17, 15) is 9.59 Å². The van der Waals surface area contributed by atoms with Crippen LogP contribution >= 0.6 is 0 Å². The molecule has 0 amide bonds. The van der Waals surface area contributed by atoms with Crippen LogP contribution in [-0.4, -0.2) is 48.1 Å². The number of carboxylic acids is 2. The Morgan fingerprint density at radius 2 is 2.12 bits per heavy atom. The lowest BCUT2D eigenvalue weighted by Gasteiger charge is -2.09. The van der Waals surface area contributed by atoms with Crippen LogP contribution < -0.4 is 0 Å². The van der Waals surface area contributed by atoms with Crippen molar-refractivity contribution in [2.24, 2.45) is 5.92 Å². The monoisotopic (exact) mass is 232 g/mol. The third-order valence-corrected chi connectivity index (χ3v) is 2.32. The maximum atomic E-state index is 10.7. The van der Waals surface area contributed by atoms with Crippen molar-refractivity contribution in [3.8, 4) is 0 Å². The molecule has 0 aliphatic carbocycles. The molecule has 0 radical (unpaired) electrons. The van der Waals surface area contributed by atoms with Crippen molar-refractivity contribution in [3.05, 3.63) is 0 Å². The summed E-state index contributed by atoms with van der Waals surface area (Å²) in [5, 5.41) is 17.3. The molecule has 6 nitrogen and oxygen atoms in total. The van der Waals surface area contributed by atoms with Crippen molar-refractivity contribution in [2.75, 3.05) is 19.8 Å². The van der Waals surface area contributed by atoms with Gasteiger partial charge in [-0.15, -0.1) is 0 Å². The number of carbonyl (C=O) groups is 2. The van der Waals surface area contributed by atoms with Gasteiger partial charge in [-0.1, -0.05) is 0 Å². The second-order valence-corrected chi connectivity index (χ2v) is 3.81. The van der Waals surface area contributed by atoms with E-state index < -0.39 is 17.9 Å². The van der Waals surface area contributed by atoms with Gasteiger partial charge in [0.1, 0.15) is 6.10 Å². The fraction of sp³-hybridized carbons (Fsp3) is 0.800. The minimum atomic E-state index is -1.08. The zero-order valence-electron chi connectivity index (χ0n) is 8.92. The van der Waals surface area contributed by atoms with Gasteiger partial charge in [-0.2, -0.15) is 0 Å². The highest BCUT2D eigenvalue weighted by Crippen LogP contribution is 2.13. The van der Waals surface area contributed by atoms with Crippen LogP contribution in [0.15, 0.2) is 0 Å². The highest BCUT2D eigenvalue weighted by atomic mass is 16.6. The Labute approximate surface area is 93.2 Å². The quantitative estimate of drug-likeness (QED) is 0.440. The van der Waals surface area contributed by atoms with Crippen LogP contribution in [0.25, 0.3) is 0 Å². The molecule has 1 rings (SSSR count). The Kier molecular flexibility index (Phi) is 5.21. The maximum Gasteiger partial charge on any atom is 0.307 e. The topological polar surface area (TPSA) is 96.4 Å². The number of epoxide rings is 1. The minimum Gasteiger partial charge on any atom is -0.481 e. The molecule has 1 saturated heterocycles. The molecule has 0 saturated carbocycles. The van der Waals surface area contributed by atoms with Crippen LogP contribution in [0, 0.1) is 5.92 Å². The first kappa shape index (κ1) is 12.9. The first-order valence-electron chi connectivity index (χ1n) is 5.23. The standard InChI is InChI=1S/C10H16O6/c11-9(12)4-7(10(13)14)2-1-3-15-5-8-6-16-8/h7-8H,1-6H2,(H,11,12)(H,13,14). The molecule has 16 heavy (non-hydrogen) atoms. The van der Waals surface area contributed by atoms with Gasteiger partial charge < -0.3 is 19.7 Å². The molecule has 1 heterocycles. The van der Waals surface area contributed by atoms with E-state index in [1.165, 1.54) is 0 Å². The second kappa shape index (κ2) is 6.44. The van der Waals surface area contributed by atoms with Crippen LogP contribution in [0.3, 0.4) is 0 Å². The zero-order chi connectivity index (χ0) is 12.0. The molecule has 1 fully saturated rings. The predicted molar refractivity (Wildman–Crippen MR) is 53.2 cm³/mol. The Hall–Kier alpha value is -1.14. The van der Waals surface area contributed by atoms with Crippen molar-refractivity contribution in [1.29, 1.82) is 0 Å². The number of hydrogen-bond acceptors (Lipinski definition) is 4. The number of aliphatic carboxylic acids is 2. The molecule has 0 aromatic carbocycles. The molecule has 1 aliphatic rings. The number of hydrogen-bond donors (Lipinski definition) is 2. The normalized spacial score (nSPS) is 20.4. The van der Waals surface area contributed by atoms with Crippen LogP contribution in [0.1, 0.15) is 19.3 Å². The summed E-state index contributed by atoms with van der Waals surface area (Å²) >= 11 is 0. The Morgan fingerprint density at radius 3 is 2.62 bits per heavy atom. The van der Waals surface area contributed by atoms with Gasteiger partial charge in [0, 0.05) is 6.61 Å². The summed E-state index contributed by atoms with van der Waals surface area (Å²) in [4.78, 5) is 21.1. The lowest BCUT2D eigenvalue weighted by molar-refractivity contribution is -0.148. The molecule has 0 aromatic rings. The first-order chi connectivity index (χ1) is 7.59. The average molecular weight is 232 g/mol. The molecule has 0 aromatic heterocycles. The second-order valence-electron chi connectivity index (χ2n) is 3.81. The summed E-state index contributed by atoms with van der Waals surface area (Å²) in [6, 6.07) is 0. The van der Waals surface area contributed by atoms with E-state index in [0.717, 1.165) is 6.61 Å². The van der Waals surface area contributed by atoms with Crippen LogP contribution in [0.5, 0.6) is 0 Å². The van der Waals surface area contributed by atoms with E-state index >= 15 is 0 Å². The van der Waals surface area contributed by atoms with Gasteiger partial charge in [-0.25, -0.2) is 0 Å². The van der Waals surface area contributed by atoms with Crippen molar-refractivity contribution in [2.45, 2.75) is 25.4 Å². The lowest BCUT2D eigenvalue weighted by atomic mass is 10.00. The van der Waals surface area contributed by atoms with Crippen molar-refractivity contribution < 1.29 is 29.3 Å². The van der Waals surface area contributed by atoms with E-state index in [4.69, 9.17) is 19.7 Å². The smallest absolute Gasteiger partial charge is 0.307 e. The predicted octanol–water partition coefficient (Wildman–Crippen LogP) is 0.357. The summed E-state index contributed by atoms with van der Waals surface area (Å²) in [5.74, 6) is -2.97. The summed E-state index contributed by atoms with van der Waals surface area (Å²) in [7, 11) is 0. The number of carboxylic acid groups (broad SMARTS) is 2. The van der Waals surface area contributed by atoms with Gasteiger partial charge in [0.25, 0.3) is 0 Å². The molecule has 0 spiro atoms. The van der Waals surface area contributed by atoms with Crippen molar-refractivity contribution >= 4 is 11.9 Å². The fourth-order valence-corrected chi connectivity index (χ4v) is 1.33. The third-order valence-electron chi connectivity index (χ3n) is 2.32. The van der Waals surface area contributed by atoms with Gasteiger partial charge in [0.15, 0.2) is 0 Å². The van der Waals surface area contributed by atoms with Gasteiger partial charge in [0.2, 0.25) is 0 Å². The zero-order valence-corrected chi connectivity index (χ0v) is 8.92. The highest BCUT2D eigenvalue weighted by molar-refractivity contribution is 5.77. The SMILES string of the molecule is O=C(O)CC(CCCOCC1CO1)C(=O)O. The largest absolute Gasteiger partial charge is 0.481 e. The highest BCUT2D eigenvalue weighted by Gasteiger charge is 2.23. The minimum absolute atomic E-state index is 0.203. The number of ether oxygens (including phenoxy) is 2. The average Bonchev–Trinajstić information content (AvgIpc) is 2.98. The molecule has 1 aliphatic heterocycles. The molecule has 0 bridgehead atoms. The lowest BCUT2D eigenvalue weighted by Crippen LogP contribution is -2.18. The summed E-state index contributed by atoms with van der Waals surface area (Å²) in [5.41, 5.74) is 0. The van der Waals surface area contributed by atoms with Gasteiger partial charge in [-0.3, -0.25) is 9.59 Å². The molecule has 6 heteroatoms. The summed E-state index contributed by atoms with van der Waals surface area (Å²) < 4.78 is 10.2. The number of rotatable bonds is 9. The maximum absolute atomic E-state index is 10.7. The van der Waals surface area contributed by atoms with E-state index in [1.54, 1.807) is 0 Å². The Bertz CT molecular complexity index is 248. The molecule has 2 atom stereocenters. The molecular formula is C10H16O6. The van der Waals surface area contributed by atoms with Crippen molar-refractivity contribution in [3.63, 3.8) is 0 Å². The fourth-order valence-electron chi connectivity index (χ4n) is 1.33. The Morgan fingerprint density at radius 1 is 1.44 bits per heavy atom. The third kappa shape index (κ3) is 5.67. The van der Waals surface area contributed by atoms with E-state index in [0.29, 0.717) is 26.1 Å². The van der Waals surface area contributed by atoms with Crippen LogP contribution in [0.2, 0.25) is 0 Å². The Balaban J connectivity index is 2.05. The van der Waals surface area contributed by atoms with E-state index in [-0.39, 0.29) is 12.5 Å². The van der Waals surface area contributed by atoms with Gasteiger partial charge >= 0.3 is 11.9 Å². The van der Waals surface area contributed by atoms with Crippen LogP contribution in [0.4, 0.5) is 0 Å². The first-order valence-corrected chi connectivity index (χ1v) is 5.23. The van der Waals surface area contributed by atoms with Gasteiger partial charge in [0.05, 0.1) is 25.6 Å². The summed E-state index contributed by atoms with van der Waals surface area (Å²) in [6.45, 7) is 1.72. The molecule has 2 unspecified atom stereocenters. The van der Waals surface area contributed by atoms with Crippen LogP contribution in [-0.2, 0) is 19.1 Å². The summed E-state index contributed by atoms with van der Waals surface area (Å²) in [6.07, 6.45) is 0.750. The molecule has 92 valence electrons. The van der Waals surface area contributed by atoms with E-state index in [2.05, 4.69) is 0 Å². The van der Waals surface area contributed by atoms with Gasteiger partial charge in [-0.05, 0) is 12.8 Å². The van der Waals surface area contributed by atoms with E-state index in [1.807, 2.05) is 0 Å². The van der Waals surface area contributed by atoms with Crippen molar-refractivity contribution in [1.82, 2.24) is 0 Å². The molecule has 2 N–H and O–H groups in total.